The number of hydrogen-bond donors (Lipinski definition) is 2. The van der Waals surface area contributed by atoms with Gasteiger partial charge >= 0.3 is 0 Å². The van der Waals surface area contributed by atoms with Crippen LogP contribution in [-0.4, -0.2) is 35.2 Å². The molecule has 0 aromatic heterocycles. The minimum absolute atomic E-state index is 0.226. The first-order valence-corrected chi connectivity index (χ1v) is 6.42. The topological polar surface area (TPSA) is 49.5 Å². The molecular formula is C14H22N2O. The van der Waals surface area contributed by atoms with Crippen LogP contribution in [0.1, 0.15) is 18.9 Å². The Kier molecular flexibility index (Phi) is 4.15. The fourth-order valence-electron chi connectivity index (χ4n) is 2.79. The molecule has 1 fully saturated rings. The summed E-state index contributed by atoms with van der Waals surface area (Å²) in [4.78, 5) is 2.36. The van der Waals surface area contributed by atoms with Crippen molar-refractivity contribution >= 4 is 0 Å². The maximum absolute atomic E-state index is 10.2. The lowest BCUT2D eigenvalue weighted by molar-refractivity contribution is 0.0919. The van der Waals surface area contributed by atoms with Gasteiger partial charge in [0, 0.05) is 25.0 Å². The highest BCUT2D eigenvalue weighted by Crippen LogP contribution is 2.26. The summed E-state index contributed by atoms with van der Waals surface area (Å²) >= 11 is 0. The van der Waals surface area contributed by atoms with Gasteiger partial charge in [-0.2, -0.15) is 0 Å². The van der Waals surface area contributed by atoms with E-state index in [0.29, 0.717) is 6.54 Å². The Balaban J connectivity index is 2.05. The number of nitrogens with two attached hydrogens (primary N) is 1. The van der Waals surface area contributed by atoms with Crippen molar-refractivity contribution in [3.05, 3.63) is 35.9 Å². The van der Waals surface area contributed by atoms with E-state index in [1.54, 1.807) is 0 Å². The van der Waals surface area contributed by atoms with Gasteiger partial charge in [-0.25, -0.2) is 0 Å². The highest BCUT2D eigenvalue weighted by Gasteiger charge is 2.38. The van der Waals surface area contributed by atoms with Crippen LogP contribution >= 0.6 is 0 Å². The summed E-state index contributed by atoms with van der Waals surface area (Å²) in [6.45, 7) is 4.52. The number of aliphatic hydroxyl groups excluding tert-OH is 1. The Bertz CT molecular complexity index is 341. The number of hydrogen-bond acceptors (Lipinski definition) is 3. The molecule has 0 amide bonds. The van der Waals surface area contributed by atoms with Crippen LogP contribution < -0.4 is 5.73 Å². The van der Waals surface area contributed by atoms with Crippen LogP contribution in [0.5, 0.6) is 0 Å². The minimum atomic E-state index is -0.270. The maximum Gasteiger partial charge on any atom is 0.0747 e. The van der Waals surface area contributed by atoms with E-state index >= 15 is 0 Å². The average Bonchev–Trinajstić information content (AvgIpc) is 2.66. The predicted molar refractivity (Wildman–Crippen MR) is 69.5 cm³/mol. The van der Waals surface area contributed by atoms with Crippen LogP contribution in [-0.2, 0) is 6.54 Å². The Morgan fingerprint density at radius 1 is 1.35 bits per heavy atom. The summed E-state index contributed by atoms with van der Waals surface area (Å²) in [6.07, 6.45) is 0.707. The molecule has 3 nitrogen and oxygen atoms in total. The van der Waals surface area contributed by atoms with Crippen molar-refractivity contribution < 1.29 is 5.11 Å². The molecule has 1 aromatic carbocycles. The molecule has 0 spiro atoms. The lowest BCUT2D eigenvalue weighted by Gasteiger charge is -2.24. The monoisotopic (exact) mass is 234 g/mol. The Morgan fingerprint density at radius 2 is 2.06 bits per heavy atom. The van der Waals surface area contributed by atoms with Crippen molar-refractivity contribution in [2.24, 2.45) is 11.7 Å². The Morgan fingerprint density at radius 3 is 2.65 bits per heavy atom. The van der Waals surface area contributed by atoms with E-state index in [1.807, 2.05) is 6.07 Å². The van der Waals surface area contributed by atoms with Gasteiger partial charge in [0.25, 0.3) is 0 Å². The molecule has 1 saturated heterocycles. The number of rotatable bonds is 4. The van der Waals surface area contributed by atoms with Crippen molar-refractivity contribution in [2.75, 3.05) is 13.1 Å². The summed E-state index contributed by atoms with van der Waals surface area (Å²) in [5, 5.41) is 10.2. The van der Waals surface area contributed by atoms with Crippen LogP contribution in [0.25, 0.3) is 0 Å². The summed E-state index contributed by atoms with van der Waals surface area (Å²) in [5.41, 5.74) is 7.01. The number of benzene rings is 1. The second-order valence-electron chi connectivity index (χ2n) is 4.88. The van der Waals surface area contributed by atoms with E-state index in [1.165, 1.54) is 5.56 Å². The van der Waals surface area contributed by atoms with Crippen molar-refractivity contribution in [2.45, 2.75) is 32.0 Å². The van der Waals surface area contributed by atoms with E-state index in [0.717, 1.165) is 19.5 Å². The van der Waals surface area contributed by atoms with Gasteiger partial charge in [-0.3, -0.25) is 4.90 Å². The molecule has 1 aliphatic rings. The highest BCUT2D eigenvalue weighted by atomic mass is 16.3. The van der Waals surface area contributed by atoms with Gasteiger partial charge in [0.2, 0.25) is 0 Å². The Labute approximate surface area is 103 Å². The molecule has 0 aliphatic carbocycles. The van der Waals surface area contributed by atoms with Crippen molar-refractivity contribution in [1.29, 1.82) is 0 Å². The molecule has 1 aliphatic heterocycles. The van der Waals surface area contributed by atoms with Crippen LogP contribution in [0, 0.1) is 5.92 Å². The predicted octanol–water partition coefficient (Wildman–Crippen LogP) is 1.22. The zero-order valence-corrected chi connectivity index (χ0v) is 10.4. The minimum Gasteiger partial charge on any atom is -0.391 e. The normalized spacial score (nSPS) is 29.7. The molecule has 1 heterocycles. The number of aliphatic hydroxyl groups is 1. The molecule has 17 heavy (non-hydrogen) atoms. The van der Waals surface area contributed by atoms with E-state index < -0.39 is 0 Å². The van der Waals surface area contributed by atoms with E-state index in [2.05, 4.69) is 36.1 Å². The van der Waals surface area contributed by atoms with E-state index in [9.17, 15) is 5.11 Å². The molecule has 0 radical (unpaired) electrons. The first-order valence-electron chi connectivity index (χ1n) is 6.42. The van der Waals surface area contributed by atoms with Crippen molar-refractivity contribution in [3.8, 4) is 0 Å². The Hall–Kier alpha value is -0.900. The molecule has 0 saturated carbocycles. The van der Waals surface area contributed by atoms with Crippen molar-refractivity contribution in [3.63, 3.8) is 0 Å². The van der Waals surface area contributed by atoms with Crippen LogP contribution in [0.4, 0.5) is 0 Å². The SMILES string of the molecule is CCC1C(O)C(CN)CN1Cc1ccccc1. The first kappa shape index (κ1) is 12.6. The standard InChI is InChI=1S/C14H22N2O/c1-2-13-14(17)12(8-15)10-16(13)9-11-6-4-3-5-7-11/h3-7,12-14,17H,2,8-10,15H2,1H3. The van der Waals surface area contributed by atoms with Gasteiger partial charge in [-0.05, 0) is 18.5 Å². The zero-order valence-electron chi connectivity index (χ0n) is 10.4. The van der Waals surface area contributed by atoms with E-state index in [-0.39, 0.29) is 18.1 Å². The molecule has 3 unspecified atom stereocenters. The van der Waals surface area contributed by atoms with Gasteiger partial charge in [0.1, 0.15) is 0 Å². The summed E-state index contributed by atoms with van der Waals surface area (Å²) in [6, 6.07) is 10.7. The number of likely N-dealkylation sites (tertiary alicyclic amines) is 1. The fraction of sp³-hybridized carbons (Fsp3) is 0.571. The van der Waals surface area contributed by atoms with Crippen molar-refractivity contribution in [1.82, 2.24) is 4.90 Å². The second-order valence-corrected chi connectivity index (χ2v) is 4.88. The highest BCUT2D eigenvalue weighted by molar-refractivity contribution is 5.15. The summed E-state index contributed by atoms with van der Waals surface area (Å²) < 4.78 is 0. The van der Waals surface area contributed by atoms with Crippen LogP contribution in [0.15, 0.2) is 30.3 Å². The van der Waals surface area contributed by atoms with Crippen LogP contribution in [0.3, 0.4) is 0 Å². The third kappa shape index (κ3) is 2.68. The van der Waals surface area contributed by atoms with Gasteiger partial charge in [-0.1, -0.05) is 37.3 Å². The average molecular weight is 234 g/mol. The fourth-order valence-corrected chi connectivity index (χ4v) is 2.79. The maximum atomic E-state index is 10.2. The molecule has 3 N–H and O–H groups in total. The molecule has 2 rings (SSSR count). The molecule has 0 bridgehead atoms. The lowest BCUT2D eigenvalue weighted by atomic mass is 10.0. The molecular weight excluding hydrogens is 212 g/mol. The second kappa shape index (κ2) is 5.63. The first-order chi connectivity index (χ1) is 8.26. The van der Waals surface area contributed by atoms with Gasteiger partial charge < -0.3 is 10.8 Å². The molecule has 3 heteroatoms. The number of nitrogens with zero attached hydrogens (tertiary/aromatic N) is 1. The zero-order chi connectivity index (χ0) is 12.3. The summed E-state index contributed by atoms with van der Waals surface area (Å²) in [7, 11) is 0. The molecule has 1 aromatic rings. The quantitative estimate of drug-likeness (QED) is 0.823. The van der Waals surface area contributed by atoms with Gasteiger partial charge in [-0.15, -0.1) is 0 Å². The van der Waals surface area contributed by atoms with Gasteiger partial charge in [0.05, 0.1) is 6.10 Å². The smallest absolute Gasteiger partial charge is 0.0747 e. The van der Waals surface area contributed by atoms with E-state index in [4.69, 9.17) is 5.73 Å². The van der Waals surface area contributed by atoms with Gasteiger partial charge in [0.15, 0.2) is 0 Å². The largest absolute Gasteiger partial charge is 0.391 e. The third-order valence-electron chi connectivity index (χ3n) is 3.76. The lowest BCUT2D eigenvalue weighted by Crippen LogP contribution is -2.35. The molecule has 94 valence electrons. The van der Waals surface area contributed by atoms with Crippen LogP contribution in [0.2, 0.25) is 0 Å². The molecule has 3 atom stereocenters. The summed E-state index contributed by atoms with van der Waals surface area (Å²) in [5.74, 6) is 0.226. The third-order valence-corrected chi connectivity index (χ3v) is 3.76.